The number of anilines is 1. The van der Waals surface area contributed by atoms with Gasteiger partial charge in [0.15, 0.2) is 16.5 Å². The van der Waals surface area contributed by atoms with Gasteiger partial charge in [-0.1, -0.05) is 6.07 Å². The van der Waals surface area contributed by atoms with Crippen LogP contribution in [0.5, 0.6) is 5.88 Å². The molecule has 0 unspecified atom stereocenters. The third-order valence-electron chi connectivity index (χ3n) is 5.06. The van der Waals surface area contributed by atoms with E-state index in [4.69, 9.17) is 4.74 Å². The van der Waals surface area contributed by atoms with E-state index in [1.165, 1.54) is 29.3 Å². The maximum Gasteiger partial charge on any atom is 0.267 e. The fourth-order valence-corrected chi connectivity index (χ4v) is 4.69. The first kappa shape index (κ1) is 22.3. The molecule has 5 aromatic rings. The van der Waals surface area contributed by atoms with Crippen LogP contribution < -0.4 is 9.46 Å². The largest absolute Gasteiger partial charge is 0.480 e. The number of sulfonamides is 1. The predicted molar refractivity (Wildman–Crippen MR) is 117 cm³/mol. The van der Waals surface area contributed by atoms with Crippen LogP contribution in [0, 0.1) is 17.5 Å². The molecule has 0 aliphatic heterocycles. The number of pyridine rings is 2. The number of H-pyrrole nitrogens is 1. The van der Waals surface area contributed by atoms with E-state index >= 15 is 4.39 Å². The van der Waals surface area contributed by atoms with Gasteiger partial charge in [-0.25, -0.2) is 36.5 Å². The highest BCUT2D eigenvalue weighted by Gasteiger charge is 2.25. The fourth-order valence-electron chi connectivity index (χ4n) is 3.50. The molecule has 10 nitrogen and oxygen atoms in total. The van der Waals surface area contributed by atoms with Gasteiger partial charge in [-0.05, 0) is 18.2 Å². The molecule has 0 radical (unpaired) electrons. The average Bonchev–Trinajstić information content (AvgIpc) is 3.50. The second-order valence-corrected chi connectivity index (χ2v) is 8.84. The lowest BCUT2D eigenvalue weighted by molar-refractivity contribution is 0.382. The van der Waals surface area contributed by atoms with E-state index in [1.54, 1.807) is 6.07 Å². The number of hydrogen-bond acceptors (Lipinski definition) is 7. The predicted octanol–water partition coefficient (Wildman–Crippen LogP) is 3.41. The Hall–Kier alpha value is -4.46. The minimum absolute atomic E-state index is 0.111. The van der Waals surface area contributed by atoms with E-state index in [-0.39, 0.29) is 5.56 Å². The lowest BCUT2D eigenvalue weighted by Crippen LogP contribution is -2.16. The van der Waals surface area contributed by atoms with Crippen LogP contribution in [-0.4, -0.2) is 45.1 Å². The topological polar surface area (TPSA) is 127 Å². The summed E-state index contributed by atoms with van der Waals surface area (Å²) in [5.74, 6) is -3.02. The average molecular weight is 501 g/mol. The molecule has 4 aromatic heterocycles. The Kier molecular flexibility index (Phi) is 5.36. The standard InChI is InChI=1S/C21H14F3N7O3S/c1-34-21-16(6-12(22)7-25-21)35(32,33)30-14-4-3-13(23)17(18(14)24)11-2-5-15-19(20-26-9-28-29-20)27-10-31(15)8-11/h2-10,30H,1H3,(H,26,28,29). The first-order valence-electron chi connectivity index (χ1n) is 9.81. The molecular weight excluding hydrogens is 487 g/mol. The van der Waals surface area contributed by atoms with Gasteiger partial charge < -0.3 is 9.14 Å². The number of methoxy groups -OCH3 is 1. The van der Waals surface area contributed by atoms with Gasteiger partial charge >= 0.3 is 0 Å². The third-order valence-corrected chi connectivity index (χ3v) is 6.42. The number of nitrogens with one attached hydrogen (secondary N) is 2. The van der Waals surface area contributed by atoms with E-state index in [1.807, 2.05) is 4.72 Å². The summed E-state index contributed by atoms with van der Waals surface area (Å²) in [6, 6.07) is 5.54. The number of aromatic nitrogens is 6. The Labute approximate surface area is 195 Å². The van der Waals surface area contributed by atoms with Crippen LogP contribution in [0.2, 0.25) is 0 Å². The molecule has 0 atom stereocenters. The van der Waals surface area contributed by atoms with Crippen molar-refractivity contribution in [2.24, 2.45) is 0 Å². The smallest absolute Gasteiger partial charge is 0.267 e. The molecule has 0 amide bonds. The monoisotopic (exact) mass is 501 g/mol. The summed E-state index contributed by atoms with van der Waals surface area (Å²) in [4.78, 5) is 11.2. The van der Waals surface area contributed by atoms with Crippen molar-refractivity contribution in [2.75, 3.05) is 11.8 Å². The molecule has 0 bridgehead atoms. The molecule has 178 valence electrons. The lowest BCUT2D eigenvalue weighted by Gasteiger charge is -2.14. The second-order valence-electron chi connectivity index (χ2n) is 7.19. The van der Waals surface area contributed by atoms with Gasteiger partial charge in [0.05, 0.1) is 30.1 Å². The molecule has 0 spiro atoms. The molecule has 4 heterocycles. The number of imidazole rings is 1. The normalized spacial score (nSPS) is 11.7. The molecule has 0 saturated carbocycles. The van der Waals surface area contributed by atoms with Gasteiger partial charge in [-0.2, -0.15) is 5.10 Å². The number of aromatic amines is 1. The number of nitrogens with zero attached hydrogens (tertiary/aromatic N) is 5. The summed E-state index contributed by atoms with van der Waals surface area (Å²) in [7, 11) is -3.39. The van der Waals surface area contributed by atoms with E-state index in [0.29, 0.717) is 23.1 Å². The first-order valence-corrected chi connectivity index (χ1v) is 11.3. The Morgan fingerprint density at radius 1 is 1.09 bits per heavy atom. The number of fused-ring (bicyclic) bond motifs is 1. The van der Waals surface area contributed by atoms with Crippen LogP contribution in [0.25, 0.3) is 28.2 Å². The lowest BCUT2D eigenvalue weighted by atomic mass is 10.0. The van der Waals surface area contributed by atoms with Crippen LogP contribution in [0.15, 0.2) is 60.3 Å². The highest BCUT2D eigenvalue weighted by atomic mass is 32.2. The number of ether oxygens (including phenoxy) is 1. The molecule has 5 rings (SSSR count). The van der Waals surface area contributed by atoms with Crippen LogP contribution in [0.4, 0.5) is 18.9 Å². The van der Waals surface area contributed by atoms with Gasteiger partial charge in [-0.3, -0.25) is 9.82 Å². The zero-order valence-corrected chi connectivity index (χ0v) is 18.5. The Balaban J connectivity index is 1.56. The zero-order chi connectivity index (χ0) is 24.7. The van der Waals surface area contributed by atoms with Crippen molar-refractivity contribution in [1.82, 2.24) is 29.5 Å². The Morgan fingerprint density at radius 2 is 1.91 bits per heavy atom. The van der Waals surface area contributed by atoms with Gasteiger partial charge in [-0.15, -0.1) is 0 Å². The number of hydrogen-bond donors (Lipinski definition) is 2. The Morgan fingerprint density at radius 3 is 2.66 bits per heavy atom. The van der Waals surface area contributed by atoms with Crippen LogP contribution in [-0.2, 0) is 10.0 Å². The van der Waals surface area contributed by atoms with Crippen molar-refractivity contribution in [3.05, 3.63) is 72.8 Å². The van der Waals surface area contributed by atoms with Crippen molar-refractivity contribution < 1.29 is 26.3 Å². The third kappa shape index (κ3) is 3.93. The molecule has 0 aliphatic rings. The summed E-state index contributed by atoms with van der Waals surface area (Å²) in [6.07, 6.45) is 4.96. The molecule has 2 N–H and O–H groups in total. The SMILES string of the molecule is COc1ncc(F)cc1S(=O)(=O)Nc1ccc(F)c(-c2ccc3c(-c4ncn[nH]4)ncn3c2)c1F. The molecular formula is C21H14F3N7O3S. The van der Waals surface area contributed by atoms with E-state index in [9.17, 15) is 17.2 Å². The van der Waals surface area contributed by atoms with Crippen molar-refractivity contribution in [2.45, 2.75) is 4.90 Å². The number of benzene rings is 1. The first-order chi connectivity index (χ1) is 16.8. The maximum absolute atomic E-state index is 15.4. The van der Waals surface area contributed by atoms with Gasteiger partial charge in [0.2, 0.25) is 5.88 Å². The molecule has 35 heavy (non-hydrogen) atoms. The van der Waals surface area contributed by atoms with E-state index in [0.717, 1.165) is 25.4 Å². The van der Waals surface area contributed by atoms with Crippen molar-refractivity contribution in [3.8, 4) is 28.5 Å². The molecule has 0 fully saturated rings. The van der Waals surface area contributed by atoms with Crippen molar-refractivity contribution >= 4 is 21.2 Å². The Bertz CT molecular complexity index is 1670. The van der Waals surface area contributed by atoms with Crippen LogP contribution in [0.3, 0.4) is 0 Å². The highest BCUT2D eigenvalue weighted by molar-refractivity contribution is 7.92. The summed E-state index contributed by atoms with van der Waals surface area (Å²) >= 11 is 0. The maximum atomic E-state index is 15.4. The second kappa shape index (κ2) is 8.39. The molecule has 0 saturated heterocycles. The zero-order valence-electron chi connectivity index (χ0n) is 17.7. The van der Waals surface area contributed by atoms with E-state index in [2.05, 4.69) is 25.1 Å². The number of rotatable bonds is 6. The van der Waals surface area contributed by atoms with Gasteiger partial charge in [0, 0.05) is 17.8 Å². The quantitative estimate of drug-likeness (QED) is 0.365. The van der Waals surface area contributed by atoms with Crippen LogP contribution in [0.1, 0.15) is 0 Å². The van der Waals surface area contributed by atoms with Gasteiger partial charge in [0.25, 0.3) is 10.0 Å². The minimum atomic E-state index is -4.54. The van der Waals surface area contributed by atoms with Gasteiger partial charge in [0.1, 0.15) is 30.0 Å². The van der Waals surface area contributed by atoms with Crippen molar-refractivity contribution in [3.63, 3.8) is 0 Å². The van der Waals surface area contributed by atoms with Crippen LogP contribution >= 0.6 is 0 Å². The summed E-state index contributed by atoms with van der Waals surface area (Å²) in [5, 5.41) is 6.47. The molecule has 1 aromatic carbocycles. The molecule has 14 heteroatoms. The van der Waals surface area contributed by atoms with E-state index < -0.39 is 49.5 Å². The summed E-state index contributed by atoms with van der Waals surface area (Å²) < 4.78 is 77.8. The summed E-state index contributed by atoms with van der Waals surface area (Å²) in [6.45, 7) is 0. The summed E-state index contributed by atoms with van der Waals surface area (Å²) in [5.41, 5.74) is 0.148. The van der Waals surface area contributed by atoms with Crippen molar-refractivity contribution in [1.29, 1.82) is 0 Å². The number of halogens is 3. The fraction of sp³-hybridized carbons (Fsp3) is 0.0476. The highest BCUT2D eigenvalue weighted by Crippen LogP contribution is 2.33. The minimum Gasteiger partial charge on any atom is -0.480 e. The molecule has 0 aliphatic carbocycles.